The minimum atomic E-state index is -0.286. The van der Waals surface area contributed by atoms with Crippen LogP contribution in [-0.2, 0) is 0 Å². The Balaban J connectivity index is 2.22. The number of para-hydroxylation sites is 1. The first-order chi connectivity index (χ1) is 8.58. The number of carbonyl (C=O) groups is 1. The van der Waals surface area contributed by atoms with Crippen molar-refractivity contribution in [3.8, 4) is 0 Å². The number of carbonyl (C=O) groups excluding carboxylic acids is 1. The maximum atomic E-state index is 12.0. The quantitative estimate of drug-likeness (QED) is 0.822. The topological polar surface area (TPSA) is 55.1 Å². The molecule has 2 aromatic carbocycles. The molecule has 2 rings (SSSR count). The molecule has 0 radical (unpaired) electrons. The van der Waals surface area contributed by atoms with Gasteiger partial charge in [-0.1, -0.05) is 35.3 Å². The Morgan fingerprint density at radius 2 is 1.78 bits per heavy atom. The van der Waals surface area contributed by atoms with Crippen LogP contribution in [0.2, 0.25) is 10.0 Å². The van der Waals surface area contributed by atoms with E-state index in [4.69, 9.17) is 28.9 Å². The summed E-state index contributed by atoms with van der Waals surface area (Å²) in [6.07, 6.45) is 0. The van der Waals surface area contributed by atoms with E-state index in [9.17, 15) is 4.79 Å². The second-order valence-electron chi connectivity index (χ2n) is 3.67. The number of amides is 1. The van der Waals surface area contributed by atoms with E-state index in [2.05, 4.69) is 5.32 Å². The van der Waals surface area contributed by atoms with Crippen molar-refractivity contribution < 1.29 is 4.79 Å². The summed E-state index contributed by atoms with van der Waals surface area (Å²) in [4.78, 5) is 12.0. The van der Waals surface area contributed by atoms with Crippen molar-refractivity contribution in [2.45, 2.75) is 0 Å². The molecule has 18 heavy (non-hydrogen) atoms. The van der Waals surface area contributed by atoms with Gasteiger partial charge in [-0.25, -0.2) is 0 Å². The van der Waals surface area contributed by atoms with Gasteiger partial charge in [0.05, 0.1) is 21.4 Å². The number of nitrogens with one attached hydrogen (secondary N) is 1. The van der Waals surface area contributed by atoms with Gasteiger partial charge in [0, 0.05) is 5.56 Å². The highest BCUT2D eigenvalue weighted by Gasteiger charge is 2.09. The number of hydrogen-bond acceptors (Lipinski definition) is 2. The number of nitrogens with two attached hydrogens (primary N) is 1. The number of nitrogen functional groups attached to an aromatic ring is 1. The van der Waals surface area contributed by atoms with E-state index in [1.54, 1.807) is 36.4 Å². The third-order valence-corrected chi connectivity index (χ3v) is 3.05. The highest BCUT2D eigenvalue weighted by molar-refractivity contribution is 6.34. The number of rotatable bonds is 2. The Kier molecular flexibility index (Phi) is 3.75. The lowest BCUT2D eigenvalue weighted by Crippen LogP contribution is -2.12. The third-order valence-electron chi connectivity index (χ3n) is 2.38. The van der Waals surface area contributed by atoms with Gasteiger partial charge in [-0.15, -0.1) is 0 Å². The fraction of sp³-hybridized carbons (Fsp3) is 0. The SMILES string of the molecule is Nc1cc(C(=O)Nc2ccccc2Cl)ccc1Cl. The van der Waals surface area contributed by atoms with Crippen LogP contribution in [0.5, 0.6) is 0 Å². The van der Waals surface area contributed by atoms with Crippen molar-refractivity contribution in [2.75, 3.05) is 11.1 Å². The van der Waals surface area contributed by atoms with Crippen LogP contribution in [-0.4, -0.2) is 5.91 Å². The van der Waals surface area contributed by atoms with E-state index in [1.165, 1.54) is 6.07 Å². The maximum absolute atomic E-state index is 12.0. The zero-order valence-electron chi connectivity index (χ0n) is 9.28. The smallest absolute Gasteiger partial charge is 0.255 e. The van der Waals surface area contributed by atoms with Crippen LogP contribution in [0.15, 0.2) is 42.5 Å². The van der Waals surface area contributed by atoms with Gasteiger partial charge in [-0.3, -0.25) is 4.79 Å². The molecule has 0 atom stereocenters. The minimum Gasteiger partial charge on any atom is -0.398 e. The highest BCUT2D eigenvalue weighted by Crippen LogP contribution is 2.23. The maximum Gasteiger partial charge on any atom is 0.255 e. The zero-order valence-corrected chi connectivity index (χ0v) is 10.8. The Morgan fingerprint density at radius 1 is 1.06 bits per heavy atom. The van der Waals surface area contributed by atoms with Gasteiger partial charge in [-0.05, 0) is 30.3 Å². The molecule has 0 aliphatic heterocycles. The second-order valence-corrected chi connectivity index (χ2v) is 4.48. The summed E-state index contributed by atoms with van der Waals surface area (Å²) in [5.41, 5.74) is 6.99. The van der Waals surface area contributed by atoms with Crippen molar-refractivity contribution in [3.05, 3.63) is 58.1 Å². The Hall–Kier alpha value is -1.71. The van der Waals surface area contributed by atoms with Crippen LogP contribution < -0.4 is 11.1 Å². The molecular formula is C13H10Cl2N2O. The van der Waals surface area contributed by atoms with E-state index in [1.807, 2.05) is 0 Å². The monoisotopic (exact) mass is 280 g/mol. The molecule has 92 valence electrons. The van der Waals surface area contributed by atoms with Gasteiger partial charge in [0.2, 0.25) is 0 Å². The third kappa shape index (κ3) is 2.75. The van der Waals surface area contributed by atoms with E-state index in [-0.39, 0.29) is 5.91 Å². The fourth-order valence-electron chi connectivity index (χ4n) is 1.44. The van der Waals surface area contributed by atoms with Crippen molar-refractivity contribution in [1.29, 1.82) is 0 Å². The molecule has 0 aromatic heterocycles. The first-order valence-electron chi connectivity index (χ1n) is 5.19. The van der Waals surface area contributed by atoms with Crippen molar-refractivity contribution in [2.24, 2.45) is 0 Å². The fourth-order valence-corrected chi connectivity index (χ4v) is 1.74. The minimum absolute atomic E-state index is 0.286. The first-order valence-corrected chi connectivity index (χ1v) is 5.94. The summed E-state index contributed by atoms with van der Waals surface area (Å²) in [6.45, 7) is 0. The number of benzene rings is 2. The van der Waals surface area contributed by atoms with E-state index < -0.39 is 0 Å². The average Bonchev–Trinajstić information content (AvgIpc) is 2.35. The molecule has 0 aliphatic carbocycles. The Morgan fingerprint density at radius 3 is 2.44 bits per heavy atom. The summed E-state index contributed by atoms with van der Waals surface area (Å²) in [5.74, 6) is -0.286. The largest absolute Gasteiger partial charge is 0.398 e. The predicted octanol–water partition coefficient (Wildman–Crippen LogP) is 3.83. The van der Waals surface area contributed by atoms with Crippen molar-refractivity contribution in [1.82, 2.24) is 0 Å². The number of halogens is 2. The van der Waals surface area contributed by atoms with Crippen LogP contribution >= 0.6 is 23.2 Å². The standard InChI is InChI=1S/C13H10Cl2N2O/c14-9-6-5-8(7-11(9)16)13(18)17-12-4-2-1-3-10(12)15/h1-7H,16H2,(H,17,18). The van der Waals surface area contributed by atoms with E-state index in [0.29, 0.717) is 27.0 Å². The van der Waals surface area contributed by atoms with Gasteiger partial charge in [-0.2, -0.15) is 0 Å². The summed E-state index contributed by atoms with van der Waals surface area (Å²) in [7, 11) is 0. The molecular weight excluding hydrogens is 271 g/mol. The van der Waals surface area contributed by atoms with E-state index in [0.717, 1.165) is 0 Å². The number of hydrogen-bond donors (Lipinski definition) is 2. The summed E-state index contributed by atoms with van der Waals surface area (Å²) >= 11 is 11.7. The van der Waals surface area contributed by atoms with Crippen molar-refractivity contribution in [3.63, 3.8) is 0 Å². The Labute approximate surface area is 115 Å². The van der Waals surface area contributed by atoms with Gasteiger partial charge in [0.15, 0.2) is 0 Å². The van der Waals surface area contributed by atoms with Crippen molar-refractivity contribution >= 4 is 40.5 Å². The molecule has 0 unspecified atom stereocenters. The molecule has 3 nitrogen and oxygen atoms in total. The first kappa shape index (κ1) is 12.7. The molecule has 2 aromatic rings. The second kappa shape index (κ2) is 5.29. The van der Waals surface area contributed by atoms with Gasteiger partial charge >= 0.3 is 0 Å². The average molecular weight is 281 g/mol. The van der Waals surface area contributed by atoms with Crippen LogP contribution in [0.1, 0.15) is 10.4 Å². The Bertz CT molecular complexity index is 599. The molecule has 5 heteroatoms. The molecule has 0 bridgehead atoms. The molecule has 0 fully saturated rings. The summed E-state index contributed by atoms with van der Waals surface area (Å²) < 4.78 is 0. The summed E-state index contributed by atoms with van der Waals surface area (Å²) in [5, 5.41) is 3.60. The summed E-state index contributed by atoms with van der Waals surface area (Å²) in [6, 6.07) is 11.7. The number of anilines is 2. The highest BCUT2D eigenvalue weighted by atomic mass is 35.5. The molecule has 0 saturated heterocycles. The zero-order chi connectivity index (χ0) is 13.1. The van der Waals surface area contributed by atoms with Crippen LogP contribution in [0, 0.1) is 0 Å². The van der Waals surface area contributed by atoms with Crippen LogP contribution in [0.25, 0.3) is 0 Å². The molecule has 0 spiro atoms. The lowest BCUT2D eigenvalue weighted by molar-refractivity contribution is 0.102. The van der Waals surface area contributed by atoms with Gasteiger partial charge in [0.25, 0.3) is 5.91 Å². The molecule has 3 N–H and O–H groups in total. The molecule has 0 heterocycles. The lowest BCUT2D eigenvalue weighted by Gasteiger charge is -2.07. The van der Waals surface area contributed by atoms with Crippen LogP contribution in [0.4, 0.5) is 11.4 Å². The molecule has 1 amide bonds. The molecule has 0 aliphatic rings. The van der Waals surface area contributed by atoms with Crippen LogP contribution in [0.3, 0.4) is 0 Å². The van der Waals surface area contributed by atoms with Gasteiger partial charge in [0.1, 0.15) is 0 Å². The van der Waals surface area contributed by atoms with Gasteiger partial charge < -0.3 is 11.1 Å². The predicted molar refractivity (Wildman–Crippen MR) is 75.3 cm³/mol. The lowest BCUT2D eigenvalue weighted by atomic mass is 10.2. The molecule has 0 saturated carbocycles. The van der Waals surface area contributed by atoms with E-state index >= 15 is 0 Å². The normalized spacial score (nSPS) is 10.1.